The van der Waals surface area contributed by atoms with Gasteiger partial charge < -0.3 is 9.64 Å². The molecule has 0 bridgehead atoms. The maximum Gasteiger partial charge on any atom is 0.325 e. The monoisotopic (exact) mass is 279 g/mol. The van der Waals surface area contributed by atoms with Gasteiger partial charge in [0, 0.05) is 18.7 Å². The van der Waals surface area contributed by atoms with Crippen LogP contribution in [0.4, 0.5) is 0 Å². The van der Waals surface area contributed by atoms with Crippen LogP contribution in [0.1, 0.15) is 27.2 Å². The predicted octanol–water partition coefficient (Wildman–Crippen LogP) is 0.221. The topological polar surface area (TPSA) is 80.8 Å². The van der Waals surface area contributed by atoms with E-state index in [1.165, 1.54) is 4.90 Å². The lowest BCUT2D eigenvalue weighted by atomic mass is 10.3. The summed E-state index contributed by atoms with van der Waals surface area (Å²) in [6, 6.07) is -0.179. The Bertz CT molecular complexity index is 388. The highest BCUT2D eigenvalue weighted by Crippen LogP contribution is 2.04. The third-order valence-corrected chi connectivity index (χ3v) is 3.18. The Kier molecular flexibility index (Phi) is 6.90. The van der Waals surface area contributed by atoms with Crippen LogP contribution in [0.15, 0.2) is 0 Å². The van der Waals surface area contributed by atoms with Gasteiger partial charge in [-0.1, -0.05) is 0 Å². The van der Waals surface area contributed by atoms with Crippen molar-refractivity contribution >= 4 is 21.7 Å². The van der Waals surface area contributed by atoms with E-state index in [1.807, 2.05) is 0 Å². The number of esters is 1. The number of rotatable bonds is 7. The highest BCUT2D eigenvalue weighted by atomic mass is 32.2. The Hall–Kier alpha value is -1.11. The van der Waals surface area contributed by atoms with Gasteiger partial charge in [0.1, 0.15) is 16.4 Å². The fourth-order valence-corrected chi connectivity index (χ4v) is 1.87. The normalized spacial score (nSPS) is 11.4. The molecule has 0 heterocycles. The number of nitrogens with zero attached hydrogens (tertiary/aromatic N) is 1. The van der Waals surface area contributed by atoms with Crippen LogP contribution >= 0.6 is 0 Å². The Labute approximate surface area is 108 Å². The molecule has 0 rings (SSSR count). The first kappa shape index (κ1) is 16.9. The van der Waals surface area contributed by atoms with Crippen LogP contribution in [0, 0.1) is 0 Å². The highest BCUT2D eigenvalue weighted by Gasteiger charge is 2.21. The Morgan fingerprint density at radius 1 is 1.28 bits per heavy atom. The number of ether oxygens (including phenoxy) is 1. The molecule has 1 amide bonds. The zero-order valence-electron chi connectivity index (χ0n) is 11.3. The molecule has 0 unspecified atom stereocenters. The summed E-state index contributed by atoms with van der Waals surface area (Å²) in [6.07, 6.45) is 0.960. The van der Waals surface area contributed by atoms with Crippen molar-refractivity contribution in [2.75, 3.05) is 25.2 Å². The van der Waals surface area contributed by atoms with E-state index in [9.17, 15) is 18.0 Å². The van der Waals surface area contributed by atoms with Crippen LogP contribution in [0.25, 0.3) is 0 Å². The number of hydrogen-bond donors (Lipinski definition) is 0. The van der Waals surface area contributed by atoms with Gasteiger partial charge in [-0.2, -0.15) is 0 Å². The number of hydrogen-bond acceptors (Lipinski definition) is 5. The Morgan fingerprint density at radius 3 is 2.22 bits per heavy atom. The molecule has 0 aliphatic carbocycles. The predicted molar refractivity (Wildman–Crippen MR) is 67.8 cm³/mol. The van der Waals surface area contributed by atoms with E-state index in [0.717, 1.165) is 6.26 Å². The summed E-state index contributed by atoms with van der Waals surface area (Å²) >= 11 is 0. The van der Waals surface area contributed by atoms with Crippen molar-refractivity contribution in [1.82, 2.24) is 4.90 Å². The van der Waals surface area contributed by atoms with Crippen LogP contribution in [-0.4, -0.2) is 56.4 Å². The molecule has 106 valence electrons. The standard InChI is InChI=1S/C11H21NO5S/c1-5-17-11(14)8-12(9(2)3)10(13)6-7-18(4,15)16/h9H,5-8H2,1-4H3. The zero-order valence-corrected chi connectivity index (χ0v) is 12.1. The van der Waals surface area contributed by atoms with Gasteiger partial charge in [0.25, 0.3) is 0 Å². The van der Waals surface area contributed by atoms with Gasteiger partial charge in [0.15, 0.2) is 0 Å². The molecule has 18 heavy (non-hydrogen) atoms. The van der Waals surface area contributed by atoms with Crippen molar-refractivity contribution in [3.63, 3.8) is 0 Å². The summed E-state index contributed by atoms with van der Waals surface area (Å²) in [5, 5.41) is 0. The molecule has 0 radical (unpaired) electrons. The third-order valence-electron chi connectivity index (χ3n) is 2.24. The van der Waals surface area contributed by atoms with Gasteiger partial charge in [0.2, 0.25) is 5.91 Å². The van der Waals surface area contributed by atoms with Gasteiger partial charge in [-0.25, -0.2) is 8.42 Å². The molecule has 0 fully saturated rings. The first-order valence-electron chi connectivity index (χ1n) is 5.80. The van der Waals surface area contributed by atoms with E-state index in [4.69, 9.17) is 4.74 Å². The van der Waals surface area contributed by atoms with E-state index in [0.29, 0.717) is 0 Å². The summed E-state index contributed by atoms with van der Waals surface area (Å²) in [5.74, 6) is -1.06. The summed E-state index contributed by atoms with van der Waals surface area (Å²) in [6.45, 7) is 5.31. The summed E-state index contributed by atoms with van der Waals surface area (Å²) in [5.41, 5.74) is 0. The fraction of sp³-hybridized carbons (Fsp3) is 0.818. The number of amides is 1. The largest absolute Gasteiger partial charge is 0.465 e. The van der Waals surface area contributed by atoms with E-state index in [1.54, 1.807) is 20.8 Å². The molecule has 0 aromatic carbocycles. The quantitative estimate of drug-likeness (QED) is 0.623. The molecule has 0 aliphatic rings. The lowest BCUT2D eigenvalue weighted by Gasteiger charge is -2.25. The molecule has 0 saturated heterocycles. The minimum absolute atomic E-state index is 0.115. The highest BCUT2D eigenvalue weighted by molar-refractivity contribution is 7.90. The molecule has 0 aromatic rings. The molecule has 0 saturated carbocycles. The molecule has 7 heteroatoms. The molecule has 0 atom stereocenters. The van der Waals surface area contributed by atoms with E-state index >= 15 is 0 Å². The average Bonchev–Trinajstić information content (AvgIpc) is 2.21. The van der Waals surface area contributed by atoms with E-state index in [2.05, 4.69) is 0 Å². The van der Waals surface area contributed by atoms with E-state index in [-0.39, 0.29) is 37.3 Å². The van der Waals surface area contributed by atoms with Crippen molar-refractivity contribution in [2.24, 2.45) is 0 Å². The van der Waals surface area contributed by atoms with Crippen LogP contribution < -0.4 is 0 Å². The first-order valence-corrected chi connectivity index (χ1v) is 7.86. The van der Waals surface area contributed by atoms with Crippen molar-refractivity contribution in [3.05, 3.63) is 0 Å². The SMILES string of the molecule is CCOC(=O)CN(C(=O)CCS(C)(=O)=O)C(C)C. The molecular formula is C11H21NO5S. The van der Waals surface area contributed by atoms with Crippen molar-refractivity contribution in [3.8, 4) is 0 Å². The van der Waals surface area contributed by atoms with Gasteiger partial charge in [-0.15, -0.1) is 0 Å². The van der Waals surface area contributed by atoms with Gasteiger partial charge in [-0.3, -0.25) is 9.59 Å². The summed E-state index contributed by atoms with van der Waals surface area (Å²) < 4.78 is 26.7. The van der Waals surface area contributed by atoms with E-state index < -0.39 is 15.8 Å². The van der Waals surface area contributed by atoms with Gasteiger partial charge >= 0.3 is 5.97 Å². The Morgan fingerprint density at radius 2 is 1.83 bits per heavy atom. The van der Waals surface area contributed by atoms with Crippen LogP contribution in [0.5, 0.6) is 0 Å². The zero-order chi connectivity index (χ0) is 14.3. The lowest BCUT2D eigenvalue weighted by Crippen LogP contribution is -2.41. The fourth-order valence-electron chi connectivity index (χ4n) is 1.32. The molecule has 0 N–H and O–H groups in total. The van der Waals surface area contributed by atoms with Crippen LogP contribution in [0.2, 0.25) is 0 Å². The molecule has 0 aromatic heterocycles. The molecular weight excluding hydrogens is 258 g/mol. The molecule has 6 nitrogen and oxygen atoms in total. The maximum absolute atomic E-state index is 11.8. The second kappa shape index (κ2) is 7.35. The molecule has 0 aliphatic heterocycles. The van der Waals surface area contributed by atoms with Crippen molar-refractivity contribution < 1.29 is 22.7 Å². The number of carbonyl (C=O) groups excluding carboxylic acids is 2. The smallest absolute Gasteiger partial charge is 0.325 e. The second-order valence-corrected chi connectivity index (χ2v) is 6.56. The van der Waals surface area contributed by atoms with Crippen LogP contribution in [-0.2, 0) is 24.2 Å². The van der Waals surface area contributed by atoms with Gasteiger partial charge in [-0.05, 0) is 20.8 Å². The third kappa shape index (κ3) is 7.26. The summed E-state index contributed by atoms with van der Waals surface area (Å²) in [7, 11) is -3.18. The lowest BCUT2D eigenvalue weighted by molar-refractivity contribution is -0.149. The summed E-state index contributed by atoms with van der Waals surface area (Å²) in [4.78, 5) is 24.5. The minimum atomic E-state index is -3.18. The van der Waals surface area contributed by atoms with Crippen molar-refractivity contribution in [2.45, 2.75) is 33.2 Å². The number of sulfone groups is 1. The van der Waals surface area contributed by atoms with Crippen molar-refractivity contribution in [1.29, 1.82) is 0 Å². The second-order valence-electron chi connectivity index (χ2n) is 4.30. The first-order chi connectivity index (χ1) is 8.17. The Balaban J connectivity index is 4.51. The minimum Gasteiger partial charge on any atom is -0.465 e. The molecule has 0 spiro atoms. The van der Waals surface area contributed by atoms with Gasteiger partial charge in [0.05, 0.1) is 12.4 Å². The average molecular weight is 279 g/mol. The number of carbonyl (C=O) groups is 2. The van der Waals surface area contributed by atoms with Crippen LogP contribution in [0.3, 0.4) is 0 Å². The maximum atomic E-state index is 11.8.